The maximum absolute atomic E-state index is 12.6. The number of carbonyl (C=O) groups excluding carboxylic acids is 2. The van der Waals surface area contributed by atoms with Gasteiger partial charge < -0.3 is 9.64 Å². The van der Waals surface area contributed by atoms with E-state index in [2.05, 4.69) is 0 Å². The van der Waals surface area contributed by atoms with Gasteiger partial charge in [0.15, 0.2) is 0 Å². The van der Waals surface area contributed by atoms with Gasteiger partial charge in [-0.1, -0.05) is 25.1 Å². The first kappa shape index (κ1) is 13.1. The molecule has 0 bridgehead atoms. The highest BCUT2D eigenvalue weighted by Gasteiger charge is 2.49. The molecule has 5 nitrogen and oxygen atoms in total. The van der Waals surface area contributed by atoms with Gasteiger partial charge in [0, 0.05) is 6.54 Å². The van der Waals surface area contributed by atoms with Crippen LogP contribution in [-0.4, -0.2) is 42.6 Å². The molecule has 3 amide bonds. The highest BCUT2D eigenvalue weighted by molar-refractivity contribution is 6.17. The van der Waals surface area contributed by atoms with Gasteiger partial charge in [-0.05, 0) is 18.6 Å². The lowest BCUT2D eigenvalue weighted by molar-refractivity contribution is -0.124. The number of fused-ring (bicyclic) bond motifs is 1. The predicted octanol–water partition coefficient (Wildman–Crippen LogP) is 1.88. The summed E-state index contributed by atoms with van der Waals surface area (Å²) in [5.41, 5.74) is 0.633. The monoisotopic (exact) mass is 274 g/mol. The van der Waals surface area contributed by atoms with Crippen LogP contribution in [0.1, 0.15) is 13.3 Å². The van der Waals surface area contributed by atoms with Gasteiger partial charge in [0.05, 0.1) is 30.9 Å². The fraction of sp³-hybridized carbons (Fsp3) is 0.467. The van der Waals surface area contributed by atoms with Gasteiger partial charge in [-0.3, -0.25) is 4.79 Å². The first-order valence-electron chi connectivity index (χ1n) is 7.01. The number of urea groups is 1. The Labute approximate surface area is 118 Å². The fourth-order valence-electron chi connectivity index (χ4n) is 2.93. The van der Waals surface area contributed by atoms with Crippen molar-refractivity contribution < 1.29 is 14.3 Å². The van der Waals surface area contributed by atoms with Crippen molar-refractivity contribution in [1.82, 2.24) is 4.90 Å². The molecular weight excluding hydrogens is 256 g/mol. The number of benzene rings is 1. The van der Waals surface area contributed by atoms with Crippen LogP contribution in [0.5, 0.6) is 0 Å². The van der Waals surface area contributed by atoms with E-state index in [0.717, 1.165) is 6.42 Å². The van der Waals surface area contributed by atoms with E-state index >= 15 is 0 Å². The molecule has 0 aromatic heterocycles. The predicted molar refractivity (Wildman–Crippen MR) is 74.4 cm³/mol. The molecule has 0 saturated carbocycles. The van der Waals surface area contributed by atoms with Crippen LogP contribution < -0.4 is 4.90 Å². The van der Waals surface area contributed by atoms with Crippen LogP contribution in [0.3, 0.4) is 0 Å². The molecule has 20 heavy (non-hydrogen) atoms. The SMILES string of the molecule is CCCN1C(=O)N(c2ccccc2)C(=O)C2COCC21. The summed E-state index contributed by atoms with van der Waals surface area (Å²) in [7, 11) is 0. The summed E-state index contributed by atoms with van der Waals surface area (Å²) >= 11 is 0. The summed E-state index contributed by atoms with van der Waals surface area (Å²) in [6.45, 7) is 3.55. The molecule has 2 unspecified atom stereocenters. The first-order valence-corrected chi connectivity index (χ1v) is 7.01. The molecule has 106 valence electrons. The molecule has 0 aliphatic carbocycles. The number of ether oxygens (including phenoxy) is 1. The molecule has 2 aliphatic heterocycles. The molecule has 1 aromatic rings. The van der Waals surface area contributed by atoms with E-state index in [4.69, 9.17) is 4.74 Å². The van der Waals surface area contributed by atoms with E-state index in [9.17, 15) is 9.59 Å². The molecule has 2 fully saturated rings. The Hall–Kier alpha value is -1.88. The summed E-state index contributed by atoms with van der Waals surface area (Å²) in [5, 5.41) is 0. The second kappa shape index (κ2) is 5.25. The second-order valence-electron chi connectivity index (χ2n) is 5.20. The molecular formula is C15H18N2O3. The van der Waals surface area contributed by atoms with Crippen molar-refractivity contribution in [2.45, 2.75) is 19.4 Å². The Morgan fingerprint density at radius 1 is 1.20 bits per heavy atom. The smallest absolute Gasteiger partial charge is 0.331 e. The molecule has 0 N–H and O–H groups in total. The van der Waals surface area contributed by atoms with E-state index in [1.807, 2.05) is 25.1 Å². The Morgan fingerprint density at radius 3 is 2.65 bits per heavy atom. The maximum Gasteiger partial charge on any atom is 0.331 e. The van der Waals surface area contributed by atoms with Gasteiger partial charge in [-0.25, -0.2) is 9.69 Å². The lowest BCUT2D eigenvalue weighted by Crippen LogP contribution is -2.61. The van der Waals surface area contributed by atoms with Crippen LogP contribution in [0.4, 0.5) is 10.5 Å². The van der Waals surface area contributed by atoms with E-state index < -0.39 is 0 Å². The molecule has 0 radical (unpaired) electrons. The number of carbonyl (C=O) groups is 2. The van der Waals surface area contributed by atoms with Crippen LogP contribution in [0, 0.1) is 5.92 Å². The topological polar surface area (TPSA) is 49.9 Å². The maximum atomic E-state index is 12.6. The third-order valence-electron chi connectivity index (χ3n) is 3.90. The minimum atomic E-state index is -0.237. The summed E-state index contributed by atoms with van der Waals surface area (Å²) in [6.07, 6.45) is 0.867. The summed E-state index contributed by atoms with van der Waals surface area (Å²) in [4.78, 5) is 28.3. The number of nitrogens with zero attached hydrogens (tertiary/aromatic N) is 2. The molecule has 0 spiro atoms. The number of anilines is 1. The van der Waals surface area contributed by atoms with Crippen LogP contribution in [0.25, 0.3) is 0 Å². The van der Waals surface area contributed by atoms with Gasteiger partial charge in [0.1, 0.15) is 0 Å². The Balaban J connectivity index is 1.97. The van der Waals surface area contributed by atoms with Crippen molar-refractivity contribution in [3.63, 3.8) is 0 Å². The summed E-state index contributed by atoms with van der Waals surface area (Å²) in [5.74, 6) is -0.379. The van der Waals surface area contributed by atoms with Crippen LogP contribution in [-0.2, 0) is 9.53 Å². The van der Waals surface area contributed by atoms with Crippen molar-refractivity contribution >= 4 is 17.6 Å². The molecule has 2 aliphatic rings. The van der Waals surface area contributed by atoms with Gasteiger partial charge >= 0.3 is 6.03 Å². The van der Waals surface area contributed by atoms with E-state index in [1.165, 1.54) is 4.90 Å². The summed E-state index contributed by atoms with van der Waals surface area (Å²) < 4.78 is 5.43. The average Bonchev–Trinajstić information content (AvgIpc) is 2.94. The number of amides is 3. The van der Waals surface area contributed by atoms with Crippen molar-refractivity contribution in [3.05, 3.63) is 30.3 Å². The molecule has 2 heterocycles. The zero-order valence-electron chi connectivity index (χ0n) is 11.5. The number of hydrogen-bond donors (Lipinski definition) is 0. The number of para-hydroxylation sites is 1. The fourth-order valence-corrected chi connectivity index (χ4v) is 2.93. The lowest BCUT2D eigenvalue weighted by Gasteiger charge is -2.41. The molecule has 5 heteroatoms. The minimum Gasteiger partial charge on any atom is -0.378 e. The quantitative estimate of drug-likeness (QED) is 0.845. The molecule has 3 rings (SSSR count). The standard InChI is InChI=1S/C15H18N2O3/c1-2-8-16-13-10-20-9-12(13)14(18)17(15(16)19)11-6-4-3-5-7-11/h3-7,12-13H,2,8-10H2,1H3. The third-order valence-corrected chi connectivity index (χ3v) is 3.90. The number of hydrogen-bond acceptors (Lipinski definition) is 3. The highest BCUT2D eigenvalue weighted by Crippen LogP contribution is 2.31. The summed E-state index contributed by atoms with van der Waals surface area (Å²) in [6, 6.07) is 8.78. The number of rotatable bonds is 3. The minimum absolute atomic E-state index is 0.102. The van der Waals surface area contributed by atoms with Crippen molar-refractivity contribution in [2.24, 2.45) is 5.92 Å². The van der Waals surface area contributed by atoms with E-state index in [-0.39, 0.29) is 23.9 Å². The normalized spacial score (nSPS) is 26.1. The lowest BCUT2D eigenvalue weighted by atomic mass is 9.97. The molecule has 1 aromatic carbocycles. The van der Waals surface area contributed by atoms with E-state index in [0.29, 0.717) is 25.4 Å². The average molecular weight is 274 g/mol. The van der Waals surface area contributed by atoms with Gasteiger partial charge in [-0.15, -0.1) is 0 Å². The van der Waals surface area contributed by atoms with Crippen molar-refractivity contribution in [1.29, 1.82) is 0 Å². The second-order valence-corrected chi connectivity index (χ2v) is 5.20. The number of imide groups is 1. The zero-order chi connectivity index (χ0) is 14.1. The van der Waals surface area contributed by atoms with Gasteiger partial charge in [-0.2, -0.15) is 0 Å². The highest BCUT2D eigenvalue weighted by atomic mass is 16.5. The largest absolute Gasteiger partial charge is 0.378 e. The molecule has 2 atom stereocenters. The van der Waals surface area contributed by atoms with Crippen molar-refractivity contribution in [2.75, 3.05) is 24.7 Å². The third kappa shape index (κ3) is 1.98. The zero-order valence-corrected chi connectivity index (χ0v) is 11.5. The van der Waals surface area contributed by atoms with Crippen LogP contribution in [0.15, 0.2) is 30.3 Å². The van der Waals surface area contributed by atoms with Gasteiger partial charge in [0.2, 0.25) is 5.91 Å². The van der Waals surface area contributed by atoms with E-state index in [1.54, 1.807) is 17.0 Å². The van der Waals surface area contributed by atoms with Gasteiger partial charge in [0.25, 0.3) is 0 Å². The van der Waals surface area contributed by atoms with Crippen LogP contribution in [0.2, 0.25) is 0 Å². The Bertz CT molecular complexity index is 517. The van der Waals surface area contributed by atoms with Crippen LogP contribution >= 0.6 is 0 Å². The Kier molecular flexibility index (Phi) is 3.44. The molecule has 2 saturated heterocycles. The van der Waals surface area contributed by atoms with Crippen molar-refractivity contribution in [3.8, 4) is 0 Å². The Morgan fingerprint density at radius 2 is 1.95 bits per heavy atom. The first-order chi connectivity index (χ1) is 9.74.